The van der Waals surface area contributed by atoms with Crippen molar-refractivity contribution in [1.82, 2.24) is 0 Å². The maximum Gasteiger partial charge on any atom is 0.335 e. The molecule has 12 nitrogen and oxygen atoms in total. The van der Waals surface area contributed by atoms with Crippen LogP contribution in [-0.2, 0) is 42.9 Å². The number of unbranched alkanes of at least 4 members (excludes halogenated alkanes) is 12. The molecule has 12 heteroatoms. The lowest BCUT2D eigenvalue weighted by atomic mass is 9.98. The Morgan fingerprint density at radius 1 is 0.453 bits per heavy atom. The zero-order valence-electron chi connectivity index (χ0n) is 46.2. The van der Waals surface area contributed by atoms with E-state index in [1.54, 1.807) is 0 Å². The van der Waals surface area contributed by atoms with Crippen LogP contribution in [0.4, 0.5) is 0 Å². The van der Waals surface area contributed by atoms with Gasteiger partial charge in [-0.1, -0.05) is 187 Å². The van der Waals surface area contributed by atoms with Gasteiger partial charge in [0.1, 0.15) is 18.8 Å². The quantitative estimate of drug-likeness (QED) is 0.0228. The van der Waals surface area contributed by atoms with E-state index >= 15 is 0 Å². The SMILES string of the molecule is CC/C=C\C/C=C\C/C=C\C/C=C\CCCCCCC(=O)OCC(COC1OC(C(=O)O)C(O)C(O)C1OC(=O)CCCCCCC/C=C\C/C=C\CCCCC)OC(=O)CC/C=C\C/C=C\C/C=C\C/C=C\CC. The van der Waals surface area contributed by atoms with Crippen LogP contribution in [0.1, 0.15) is 201 Å². The first-order valence-electron chi connectivity index (χ1n) is 28.5. The van der Waals surface area contributed by atoms with Crippen molar-refractivity contribution in [3.05, 3.63) is 122 Å². The summed E-state index contributed by atoms with van der Waals surface area (Å²) in [6.07, 6.45) is 56.1. The predicted molar refractivity (Wildman–Crippen MR) is 303 cm³/mol. The van der Waals surface area contributed by atoms with E-state index in [0.717, 1.165) is 116 Å². The highest BCUT2D eigenvalue weighted by Crippen LogP contribution is 2.26. The molecule has 0 radical (unpaired) electrons. The molecule has 0 saturated carbocycles. The van der Waals surface area contributed by atoms with Crippen LogP contribution in [0.3, 0.4) is 0 Å². The zero-order valence-corrected chi connectivity index (χ0v) is 46.2. The van der Waals surface area contributed by atoms with E-state index in [4.69, 9.17) is 23.7 Å². The van der Waals surface area contributed by atoms with E-state index in [1.165, 1.54) is 19.3 Å². The van der Waals surface area contributed by atoms with Crippen LogP contribution in [0.25, 0.3) is 0 Å². The van der Waals surface area contributed by atoms with Gasteiger partial charge in [0.25, 0.3) is 0 Å². The third-order valence-electron chi connectivity index (χ3n) is 12.0. The van der Waals surface area contributed by atoms with Crippen molar-refractivity contribution in [3.8, 4) is 0 Å². The minimum absolute atomic E-state index is 0.0274. The number of aliphatic carboxylic acids is 1. The maximum absolute atomic E-state index is 13.1. The first-order chi connectivity index (χ1) is 36.6. The molecular weight excluding hydrogens is 949 g/mol. The van der Waals surface area contributed by atoms with Gasteiger partial charge in [-0.25, -0.2) is 4.79 Å². The highest BCUT2D eigenvalue weighted by molar-refractivity contribution is 5.74. The summed E-state index contributed by atoms with van der Waals surface area (Å²) in [7, 11) is 0. The molecule has 1 rings (SSSR count). The summed E-state index contributed by atoms with van der Waals surface area (Å²) in [6, 6.07) is 0. The Morgan fingerprint density at radius 3 is 1.33 bits per heavy atom. The van der Waals surface area contributed by atoms with Gasteiger partial charge in [0, 0.05) is 19.3 Å². The summed E-state index contributed by atoms with van der Waals surface area (Å²) in [5.41, 5.74) is 0. The molecule has 75 heavy (non-hydrogen) atoms. The number of ether oxygens (including phenoxy) is 5. The number of carboxylic acids is 1. The summed E-state index contributed by atoms with van der Waals surface area (Å²) in [5, 5.41) is 31.4. The summed E-state index contributed by atoms with van der Waals surface area (Å²) in [6.45, 7) is 5.62. The molecule has 3 N–H and O–H groups in total. The number of hydrogen-bond acceptors (Lipinski definition) is 11. The molecule has 0 aromatic carbocycles. The first-order valence-corrected chi connectivity index (χ1v) is 28.5. The standard InChI is InChI=1S/C63H98O12/c1-4-7-10-13-16-19-22-25-27-28-30-32-34-37-40-43-46-49-55(64)71-52-54(73-56(65)50-47-44-41-38-35-31-24-21-18-15-12-9-6-3)53-72-63-61(59(68)58(67)60(75-63)62(69)70)74-57(66)51-48-45-42-39-36-33-29-26-23-20-17-14-11-8-5-2/h7,9-10,12,16-21,25-27,29-32,35,41,44,54,58-61,63,67-68H,4-6,8,11,13-15,22-24,28,33-34,36-40,42-43,45-53H2,1-3H3,(H,69,70)/b10-7-,12-9-,19-16-,20-17-,21-18-,27-25-,29-26-,32-30-,35-31-,44-41-. The van der Waals surface area contributed by atoms with Gasteiger partial charge in [-0.3, -0.25) is 14.4 Å². The normalized spacial score (nSPS) is 19.1. The molecule has 0 aliphatic carbocycles. The van der Waals surface area contributed by atoms with Crippen LogP contribution in [-0.4, -0.2) is 89.2 Å². The van der Waals surface area contributed by atoms with Crippen LogP contribution in [0.5, 0.6) is 0 Å². The lowest BCUT2D eigenvalue weighted by Crippen LogP contribution is -2.61. The lowest BCUT2D eigenvalue weighted by Gasteiger charge is -2.40. The fourth-order valence-electron chi connectivity index (χ4n) is 7.69. The van der Waals surface area contributed by atoms with Crippen molar-refractivity contribution in [2.45, 2.75) is 237 Å². The molecular formula is C63H98O12. The average molecular weight is 1050 g/mol. The maximum atomic E-state index is 13.1. The van der Waals surface area contributed by atoms with Gasteiger partial charge in [-0.15, -0.1) is 0 Å². The largest absolute Gasteiger partial charge is 0.479 e. The Labute approximate surface area is 452 Å². The molecule has 1 saturated heterocycles. The lowest BCUT2D eigenvalue weighted by molar-refractivity contribution is -0.301. The number of carbonyl (C=O) groups is 4. The second-order valence-electron chi connectivity index (χ2n) is 18.8. The van der Waals surface area contributed by atoms with Crippen molar-refractivity contribution in [1.29, 1.82) is 0 Å². The monoisotopic (exact) mass is 1050 g/mol. The Kier molecular flexibility index (Phi) is 45.4. The summed E-state index contributed by atoms with van der Waals surface area (Å²) in [5.74, 6) is -3.30. The van der Waals surface area contributed by atoms with Crippen LogP contribution in [0.15, 0.2) is 122 Å². The third-order valence-corrected chi connectivity index (χ3v) is 12.0. The number of carboxylic acid groups (broad SMARTS) is 1. The number of allylic oxidation sites excluding steroid dienone is 20. The van der Waals surface area contributed by atoms with Crippen molar-refractivity contribution in [3.63, 3.8) is 0 Å². The van der Waals surface area contributed by atoms with Crippen molar-refractivity contribution in [2.24, 2.45) is 0 Å². The molecule has 1 aliphatic rings. The number of rotatable bonds is 46. The van der Waals surface area contributed by atoms with E-state index in [1.807, 2.05) is 12.2 Å². The molecule has 0 amide bonds. The van der Waals surface area contributed by atoms with Gasteiger partial charge in [0.2, 0.25) is 0 Å². The average Bonchev–Trinajstić information content (AvgIpc) is 3.39. The summed E-state index contributed by atoms with van der Waals surface area (Å²) in [4.78, 5) is 51.0. The fourth-order valence-corrected chi connectivity index (χ4v) is 7.69. The van der Waals surface area contributed by atoms with Crippen molar-refractivity contribution < 1.29 is 58.2 Å². The Balaban J connectivity index is 2.77. The van der Waals surface area contributed by atoms with Gasteiger partial charge in [0.05, 0.1) is 6.61 Å². The molecule has 1 fully saturated rings. The first kappa shape index (κ1) is 68.1. The van der Waals surface area contributed by atoms with Crippen molar-refractivity contribution in [2.75, 3.05) is 13.2 Å². The van der Waals surface area contributed by atoms with Crippen LogP contribution >= 0.6 is 0 Å². The predicted octanol–water partition coefficient (Wildman–Crippen LogP) is 14.4. The second-order valence-corrected chi connectivity index (χ2v) is 18.8. The smallest absolute Gasteiger partial charge is 0.335 e. The van der Waals surface area contributed by atoms with Crippen LogP contribution in [0, 0.1) is 0 Å². The molecule has 1 aliphatic heterocycles. The summed E-state index contributed by atoms with van der Waals surface area (Å²) >= 11 is 0. The second kappa shape index (κ2) is 50.0. The third kappa shape index (κ3) is 40.1. The zero-order chi connectivity index (χ0) is 54.7. The van der Waals surface area contributed by atoms with Gasteiger partial charge in [-0.2, -0.15) is 0 Å². The Morgan fingerprint density at radius 2 is 0.867 bits per heavy atom. The fraction of sp³-hybridized carbons (Fsp3) is 0.619. The minimum Gasteiger partial charge on any atom is -0.479 e. The number of aliphatic hydroxyl groups is 2. The molecule has 0 aromatic heterocycles. The Bertz CT molecular complexity index is 1770. The molecule has 0 spiro atoms. The Hall–Kier alpha value is -4.88. The topological polar surface area (TPSA) is 175 Å². The number of esters is 3. The van der Waals surface area contributed by atoms with E-state index in [2.05, 4.69) is 130 Å². The molecule has 0 aromatic rings. The van der Waals surface area contributed by atoms with Crippen LogP contribution in [0.2, 0.25) is 0 Å². The van der Waals surface area contributed by atoms with E-state index in [0.29, 0.717) is 25.7 Å². The molecule has 1 heterocycles. The van der Waals surface area contributed by atoms with Crippen LogP contribution < -0.4 is 0 Å². The van der Waals surface area contributed by atoms with Gasteiger partial charge in [0.15, 0.2) is 24.6 Å². The van der Waals surface area contributed by atoms with Gasteiger partial charge < -0.3 is 39.0 Å². The molecule has 422 valence electrons. The summed E-state index contributed by atoms with van der Waals surface area (Å²) < 4.78 is 28.2. The molecule has 0 bridgehead atoms. The number of aliphatic hydroxyl groups excluding tert-OH is 2. The van der Waals surface area contributed by atoms with Gasteiger partial charge >= 0.3 is 23.9 Å². The molecule has 6 atom stereocenters. The van der Waals surface area contributed by atoms with E-state index in [9.17, 15) is 34.5 Å². The van der Waals surface area contributed by atoms with Gasteiger partial charge in [-0.05, 0) is 116 Å². The minimum atomic E-state index is -1.93. The van der Waals surface area contributed by atoms with Crippen molar-refractivity contribution >= 4 is 23.9 Å². The molecule has 6 unspecified atom stereocenters. The van der Waals surface area contributed by atoms with E-state index in [-0.39, 0.29) is 25.9 Å². The number of carbonyl (C=O) groups excluding carboxylic acids is 3. The number of hydrogen-bond donors (Lipinski definition) is 3. The highest BCUT2D eigenvalue weighted by Gasteiger charge is 2.50. The van der Waals surface area contributed by atoms with E-state index < -0.39 is 67.3 Å². The highest BCUT2D eigenvalue weighted by atomic mass is 16.7.